The number of nitrogens with zero attached hydrogens (tertiary/aromatic N) is 1. The van der Waals surface area contributed by atoms with Gasteiger partial charge >= 0.3 is 6.03 Å². The molecule has 1 spiro atoms. The number of imide groups is 1. The van der Waals surface area contributed by atoms with Crippen LogP contribution in [-0.2, 0) is 9.59 Å². The lowest BCUT2D eigenvalue weighted by atomic mass is 9.98. The first kappa shape index (κ1) is 15.9. The normalized spacial score (nSPS) is 25.6. The van der Waals surface area contributed by atoms with Crippen LogP contribution in [0.5, 0.6) is 0 Å². The molecule has 3 saturated carbocycles. The average molecular weight is 333 g/mol. The zero-order chi connectivity index (χ0) is 16.7. The maximum Gasteiger partial charge on any atom is 0.325 e. The summed E-state index contributed by atoms with van der Waals surface area (Å²) in [4.78, 5) is 38.1. The molecule has 132 valence electrons. The fraction of sp³-hybridized carbons (Fsp3) is 0.833. The molecule has 6 nitrogen and oxygen atoms in total. The third-order valence-electron chi connectivity index (χ3n) is 6.08. The number of carbonyl (C=O) groups is 3. The molecule has 3 aliphatic carbocycles. The van der Waals surface area contributed by atoms with Gasteiger partial charge in [-0.25, -0.2) is 4.79 Å². The molecule has 24 heavy (non-hydrogen) atoms. The van der Waals surface area contributed by atoms with Crippen molar-refractivity contribution in [1.82, 2.24) is 15.5 Å². The second-order valence-electron chi connectivity index (χ2n) is 8.05. The van der Waals surface area contributed by atoms with E-state index in [0.717, 1.165) is 25.7 Å². The third kappa shape index (κ3) is 3.03. The summed E-state index contributed by atoms with van der Waals surface area (Å²) in [6.07, 6.45) is 9.38. The highest BCUT2D eigenvalue weighted by molar-refractivity contribution is 6.07. The lowest BCUT2D eigenvalue weighted by Gasteiger charge is -2.20. The smallest absolute Gasteiger partial charge is 0.325 e. The molecule has 1 heterocycles. The number of nitrogens with one attached hydrogen (secondary N) is 2. The van der Waals surface area contributed by atoms with Crippen LogP contribution in [0.2, 0.25) is 0 Å². The van der Waals surface area contributed by atoms with Crippen molar-refractivity contribution in [3.63, 3.8) is 0 Å². The minimum Gasteiger partial charge on any atom is -0.353 e. The highest BCUT2D eigenvalue weighted by Crippen LogP contribution is 2.44. The molecule has 0 unspecified atom stereocenters. The monoisotopic (exact) mass is 333 g/mol. The third-order valence-corrected chi connectivity index (χ3v) is 6.08. The quantitative estimate of drug-likeness (QED) is 0.699. The second-order valence-corrected chi connectivity index (χ2v) is 8.05. The molecule has 2 N–H and O–H groups in total. The summed E-state index contributed by atoms with van der Waals surface area (Å²) >= 11 is 0. The Balaban J connectivity index is 1.24. The number of hydrogen-bond acceptors (Lipinski definition) is 3. The van der Waals surface area contributed by atoms with Crippen molar-refractivity contribution < 1.29 is 14.4 Å². The zero-order valence-corrected chi connectivity index (χ0v) is 14.2. The van der Waals surface area contributed by atoms with E-state index in [2.05, 4.69) is 10.6 Å². The predicted molar refractivity (Wildman–Crippen MR) is 88.1 cm³/mol. The van der Waals surface area contributed by atoms with E-state index in [9.17, 15) is 14.4 Å². The summed E-state index contributed by atoms with van der Waals surface area (Å²) in [5.74, 6) is 1.37. The van der Waals surface area contributed by atoms with E-state index in [1.165, 1.54) is 30.6 Å². The van der Waals surface area contributed by atoms with Gasteiger partial charge in [0.2, 0.25) is 5.91 Å². The molecule has 0 bridgehead atoms. The molecule has 4 fully saturated rings. The fourth-order valence-corrected chi connectivity index (χ4v) is 4.38. The van der Waals surface area contributed by atoms with Gasteiger partial charge in [-0.1, -0.05) is 12.8 Å². The summed E-state index contributed by atoms with van der Waals surface area (Å²) in [5, 5.41) is 6.08. The average Bonchev–Trinajstić information content (AvgIpc) is 3.48. The van der Waals surface area contributed by atoms with Crippen molar-refractivity contribution in [2.45, 2.75) is 75.8 Å². The van der Waals surface area contributed by atoms with Crippen molar-refractivity contribution in [2.24, 2.45) is 11.8 Å². The Bertz CT molecular complexity index is 536. The van der Waals surface area contributed by atoms with Gasteiger partial charge in [0.1, 0.15) is 5.54 Å². The molecule has 4 rings (SSSR count). The summed E-state index contributed by atoms with van der Waals surface area (Å²) in [5.41, 5.74) is -0.637. The fourth-order valence-electron chi connectivity index (χ4n) is 4.38. The molecule has 4 amide bonds. The highest BCUT2D eigenvalue weighted by atomic mass is 16.2. The van der Waals surface area contributed by atoms with E-state index in [-0.39, 0.29) is 17.8 Å². The van der Waals surface area contributed by atoms with Crippen LogP contribution in [0, 0.1) is 11.8 Å². The highest BCUT2D eigenvalue weighted by Gasteiger charge is 2.52. The lowest BCUT2D eigenvalue weighted by Crippen LogP contribution is -2.44. The van der Waals surface area contributed by atoms with Gasteiger partial charge in [-0.2, -0.15) is 0 Å². The standard InChI is InChI=1S/C18H27N3O3/c22-14(19-15(12-5-6-12)13-7-8-13)4-3-11-21-16(23)18(20-17(21)24)9-1-2-10-18/h12-13,15H,1-11H2,(H,19,22)(H,20,24). The molecular weight excluding hydrogens is 306 g/mol. The summed E-state index contributed by atoms with van der Waals surface area (Å²) in [6, 6.07) is 0.0899. The summed E-state index contributed by atoms with van der Waals surface area (Å²) < 4.78 is 0. The molecule has 0 aromatic rings. The minimum atomic E-state index is -0.637. The largest absolute Gasteiger partial charge is 0.353 e. The molecule has 6 heteroatoms. The molecule has 4 aliphatic rings. The van der Waals surface area contributed by atoms with Gasteiger partial charge in [0.15, 0.2) is 0 Å². The molecule has 0 aromatic heterocycles. The first-order chi connectivity index (χ1) is 11.6. The molecule has 0 aromatic carbocycles. The van der Waals surface area contributed by atoms with Gasteiger partial charge in [-0.15, -0.1) is 0 Å². The zero-order valence-electron chi connectivity index (χ0n) is 14.2. The Morgan fingerprint density at radius 1 is 1.17 bits per heavy atom. The number of rotatable bonds is 7. The summed E-state index contributed by atoms with van der Waals surface area (Å²) in [6.45, 7) is 0.345. The Morgan fingerprint density at radius 3 is 2.38 bits per heavy atom. The van der Waals surface area contributed by atoms with Crippen LogP contribution in [-0.4, -0.2) is 40.9 Å². The van der Waals surface area contributed by atoms with E-state index in [4.69, 9.17) is 0 Å². The first-order valence-corrected chi connectivity index (χ1v) is 9.52. The van der Waals surface area contributed by atoms with Crippen LogP contribution < -0.4 is 10.6 Å². The molecule has 0 radical (unpaired) electrons. The number of amides is 4. The van der Waals surface area contributed by atoms with Crippen LogP contribution in [0.15, 0.2) is 0 Å². The second kappa shape index (κ2) is 6.05. The molecule has 1 saturated heterocycles. The van der Waals surface area contributed by atoms with Crippen molar-refractivity contribution in [1.29, 1.82) is 0 Å². The van der Waals surface area contributed by atoms with Gasteiger partial charge in [0.05, 0.1) is 0 Å². The van der Waals surface area contributed by atoms with Crippen LogP contribution in [0.25, 0.3) is 0 Å². The van der Waals surface area contributed by atoms with Gasteiger partial charge in [-0.3, -0.25) is 14.5 Å². The van der Waals surface area contributed by atoms with Crippen molar-refractivity contribution in [3.8, 4) is 0 Å². The number of hydrogen-bond donors (Lipinski definition) is 2. The predicted octanol–water partition coefficient (Wildman–Crippen LogP) is 1.94. The molecular formula is C18H27N3O3. The van der Waals surface area contributed by atoms with E-state index in [0.29, 0.717) is 37.3 Å². The Morgan fingerprint density at radius 2 is 1.79 bits per heavy atom. The Hall–Kier alpha value is -1.59. The maximum atomic E-state index is 12.5. The van der Waals surface area contributed by atoms with Crippen molar-refractivity contribution in [2.75, 3.05) is 6.54 Å². The van der Waals surface area contributed by atoms with Gasteiger partial charge < -0.3 is 10.6 Å². The van der Waals surface area contributed by atoms with Gasteiger partial charge in [-0.05, 0) is 56.8 Å². The maximum absolute atomic E-state index is 12.5. The van der Waals surface area contributed by atoms with Gasteiger partial charge in [0.25, 0.3) is 5.91 Å². The molecule has 0 atom stereocenters. The SMILES string of the molecule is O=C(CCCN1C(=O)NC2(CCCC2)C1=O)NC(C1CC1)C1CC1. The first-order valence-electron chi connectivity index (χ1n) is 9.52. The topological polar surface area (TPSA) is 78.5 Å². The van der Waals surface area contributed by atoms with E-state index in [1.807, 2.05) is 0 Å². The van der Waals surface area contributed by atoms with Crippen molar-refractivity contribution >= 4 is 17.8 Å². The minimum absolute atomic E-state index is 0.0708. The van der Waals surface area contributed by atoms with E-state index < -0.39 is 5.54 Å². The lowest BCUT2D eigenvalue weighted by molar-refractivity contribution is -0.131. The number of urea groups is 1. The van der Waals surface area contributed by atoms with Crippen LogP contribution in [0.4, 0.5) is 4.79 Å². The Kier molecular flexibility index (Phi) is 4.01. The molecule has 1 aliphatic heterocycles. The van der Waals surface area contributed by atoms with Crippen LogP contribution in [0.3, 0.4) is 0 Å². The van der Waals surface area contributed by atoms with Crippen LogP contribution >= 0.6 is 0 Å². The summed E-state index contributed by atoms with van der Waals surface area (Å²) in [7, 11) is 0. The van der Waals surface area contributed by atoms with Gasteiger partial charge in [0, 0.05) is 19.0 Å². The van der Waals surface area contributed by atoms with E-state index >= 15 is 0 Å². The van der Waals surface area contributed by atoms with Crippen LogP contribution in [0.1, 0.15) is 64.2 Å². The van der Waals surface area contributed by atoms with Crippen molar-refractivity contribution in [3.05, 3.63) is 0 Å². The Labute approximate surface area is 142 Å². The number of carbonyl (C=O) groups excluding carboxylic acids is 3. The van der Waals surface area contributed by atoms with E-state index in [1.54, 1.807) is 0 Å².